The number of hydrogen-bond donors (Lipinski definition) is 3. The van der Waals surface area contributed by atoms with Gasteiger partial charge in [-0.2, -0.15) is 0 Å². The number of urea groups is 1. The number of benzene rings is 1. The molecule has 1 aromatic rings. The summed E-state index contributed by atoms with van der Waals surface area (Å²) >= 11 is 0. The maximum absolute atomic E-state index is 13.4. The highest BCUT2D eigenvalue weighted by Crippen LogP contribution is 2.23. The highest BCUT2D eigenvalue weighted by atomic mass is 19.1. The first kappa shape index (κ1) is 17.2. The molecule has 23 heavy (non-hydrogen) atoms. The van der Waals surface area contributed by atoms with Crippen molar-refractivity contribution in [3.05, 3.63) is 35.6 Å². The lowest BCUT2D eigenvalue weighted by Crippen LogP contribution is -2.54. The molecule has 0 saturated carbocycles. The van der Waals surface area contributed by atoms with Crippen molar-refractivity contribution in [1.82, 2.24) is 15.5 Å². The summed E-state index contributed by atoms with van der Waals surface area (Å²) in [4.78, 5) is 25.9. The normalized spacial score (nSPS) is 17.7. The van der Waals surface area contributed by atoms with E-state index < -0.39 is 11.9 Å². The molecule has 1 atom stereocenters. The lowest BCUT2D eigenvalue weighted by molar-refractivity contribution is -0.127. The van der Waals surface area contributed by atoms with E-state index in [9.17, 15) is 14.0 Å². The van der Waals surface area contributed by atoms with Gasteiger partial charge in [0.05, 0.1) is 0 Å². The van der Waals surface area contributed by atoms with Crippen LogP contribution in [0.4, 0.5) is 9.18 Å². The Morgan fingerprint density at radius 1 is 1.39 bits per heavy atom. The van der Waals surface area contributed by atoms with Crippen LogP contribution in [0.25, 0.3) is 0 Å². The van der Waals surface area contributed by atoms with E-state index in [0.29, 0.717) is 31.6 Å². The van der Waals surface area contributed by atoms with Crippen LogP contribution in [0.15, 0.2) is 24.3 Å². The second-order valence-corrected chi connectivity index (χ2v) is 5.46. The number of aliphatic hydroxyl groups excluding tert-OH is 1. The molecule has 1 saturated heterocycles. The van der Waals surface area contributed by atoms with Crippen LogP contribution in [0.2, 0.25) is 0 Å². The molecule has 2 rings (SSSR count). The number of carbonyl (C=O) groups is 2. The summed E-state index contributed by atoms with van der Waals surface area (Å²) < 4.78 is 13.4. The molecule has 3 N–H and O–H groups in total. The van der Waals surface area contributed by atoms with Crippen molar-refractivity contribution in [3.63, 3.8) is 0 Å². The third-order valence-electron chi connectivity index (χ3n) is 3.75. The van der Waals surface area contributed by atoms with E-state index in [0.717, 1.165) is 12.8 Å². The van der Waals surface area contributed by atoms with Crippen molar-refractivity contribution >= 4 is 11.9 Å². The number of nitrogens with zero attached hydrogens (tertiary/aromatic N) is 1. The molecular formula is C16H22FN3O3. The molecule has 126 valence electrons. The second-order valence-electron chi connectivity index (χ2n) is 5.46. The first-order valence-electron chi connectivity index (χ1n) is 7.82. The Morgan fingerprint density at radius 2 is 2.22 bits per heavy atom. The average molecular weight is 323 g/mol. The van der Waals surface area contributed by atoms with Crippen LogP contribution in [-0.4, -0.2) is 48.2 Å². The monoisotopic (exact) mass is 323 g/mol. The number of rotatable bonds is 6. The molecule has 1 aliphatic heterocycles. The molecule has 0 bridgehead atoms. The van der Waals surface area contributed by atoms with Gasteiger partial charge in [-0.25, -0.2) is 9.18 Å². The molecule has 1 aromatic carbocycles. The topological polar surface area (TPSA) is 81.7 Å². The van der Waals surface area contributed by atoms with E-state index in [1.54, 1.807) is 6.07 Å². The van der Waals surface area contributed by atoms with E-state index in [4.69, 9.17) is 5.11 Å². The molecule has 0 unspecified atom stereocenters. The Labute approximate surface area is 134 Å². The molecule has 7 heteroatoms. The molecular weight excluding hydrogens is 301 g/mol. The van der Waals surface area contributed by atoms with Gasteiger partial charge < -0.3 is 20.6 Å². The van der Waals surface area contributed by atoms with Crippen LogP contribution < -0.4 is 10.6 Å². The van der Waals surface area contributed by atoms with E-state index in [-0.39, 0.29) is 18.5 Å². The van der Waals surface area contributed by atoms with Gasteiger partial charge in [0.25, 0.3) is 0 Å². The van der Waals surface area contributed by atoms with Gasteiger partial charge in [0.1, 0.15) is 11.9 Å². The number of nitrogens with one attached hydrogen (secondary N) is 2. The van der Waals surface area contributed by atoms with Crippen molar-refractivity contribution < 1.29 is 19.1 Å². The summed E-state index contributed by atoms with van der Waals surface area (Å²) in [5.41, 5.74) is 0.456. The van der Waals surface area contributed by atoms with Gasteiger partial charge in [-0.1, -0.05) is 12.1 Å². The Kier molecular flexibility index (Phi) is 6.34. The predicted octanol–water partition coefficient (Wildman–Crippen LogP) is 1.17. The zero-order valence-electron chi connectivity index (χ0n) is 12.9. The summed E-state index contributed by atoms with van der Waals surface area (Å²) in [6, 6.07) is 4.58. The Hall–Kier alpha value is -2.15. The number of aliphatic hydroxyl groups is 1. The fraction of sp³-hybridized carbons (Fsp3) is 0.500. The summed E-state index contributed by atoms with van der Waals surface area (Å²) in [6.45, 7) is 1.37. The smallest absolute Gasteiger partial charge is 0.318 e. The minimum atomic E-state index is -0.822. The maximum atomic E-state index is 13.4. The molecule has 0 aliphatic carbocycles. The second kappa shape index (κ2) is 8.47. The molecule has 1 fully saturated rings. The molecule has 1 heterocycles. The van der Waals surface area contributed by atoms with E-state index in [2.05, 4.69) is 10.6 Å². The lowest BCUT2D eigenvalue weighted by Gasteiger charge is -2.35. The quantitative estimate of drug-likeness (QED) is 0.687. The average Bonchev–Trinajstić information content (AvgIpc) is 2.54. The number of unbranched alkanes of at least 4 members (excludes halogenated alkanes) is 2. The van der Waals surface area contributed by atoms with Crippen LogP contribution in [0, 0.1) is 5.82 Å². The third kappa shape index (κ3) is 4.66. The van der Waals surface area contributed by atoms with Gasteiger partial charge in [0, 0.05) is 26.2 Å². The molecule has 1 aliphatic rings. The Balaban J connectivity index is 2.02. The fourth-order valence-corrected chi connectivity index (χ4v) is 2.60. The number of piperazine rings is 1. The predicted molar refractivity (Wildman–Crippen MR) is 83.2 cm³/mol. The van der Waals surface area contributed by atoms with Crippen LogP contribution in [0.5, 0.6) is 0 Å². The number of hydrogen-bond acceptors (Lipinski definition) is 3. The zero-order valence-corrected chi connectivity index (χ0v) is 12.9. The summed E-state index contributed by atoms with van der Waals surface area (Å²) in [6.07, 6.45) is 2.29. The molecule has 0 spiro atoms. The van der Waals surface area contributed by atoms with Crippen molar-refractivity contribution in [1.29, 1.82) is 0 Å². The summed E-state index contributed by atoms with van der Waals surface area (Å²) in [7, 11) is 0. The Morgan fingerprint density at radius 3 is 2.96 bits per heavy atom. The minimum Gasteiger partial charge on any atom is -0.396 e. The van der Waals surface area contributed by atoms with E-state index >= 15 is 0 Å². The highest BCUT2D eigenvalue weighted by molar-refractivity contribution is 5.89. The molecule has 6 nitrogen and oxygen atoms in total. The van der Waals surface area contributed by atoms with Crippen molar-refractivity contribution in [2.75, 3.05) is 26.2 Å². The molecule has 0 aromatic heterocycles. The summed E-state index contributed by atoms with van der Waals surface area (Å²) in [5.74, 6) is -0.748. The van der Waals surface area contributed by atoms with Gasteiger partial charge in [0.15, 0.2) is 0 Å². The zero-order chi connectivity index (χ0) is 16.7. The van der Waals surface area contributed by atoms with Gasteiger partial charge in [-0.05, 0) is 37.0 Å². The highest BCUT2D eigenvalue weighted by Gasteiger charge is 2.34. The number of halogens is 1. The summed E-state index contributed by atoms with van der Waals surface area (Å²) in [5, 5.41) is 14.2. The van der Waals surface area contributed by atoms with Crippen LogP contribution >= 0.6 is 0 Å². The fourth-order valence-electron chi connectivity index (χ4n) is 2.60. The standard InChI is InChI=1S/C16H22FN3O3/c17-13-6-4-5-12(11-13)14-15(22)18-8-9-20(14)16(23)19-7-2-1-3-10-21/h4-6,11,14,21H,1-3,7-10H2,(H,18,22)(H,19,23)/t14-/m1/s1. The first-order chi connectivity index (χ1) is 11.1. The number of carbonyl (C=O) groups excluding carboxylic acids is 2. The van der Waals surface area contributed by atoms with Crippen LogP contribution in [0.3, 0.4) is 0 Å². The van der Waals surface area contributed by atoms with Crippen LogP contribution in [0.1, 0.15) is 30.9 Å². The van der Waals surface area contributed by atoms with Gasteiger partial charge in [-0.3, -0.25) is 4.79 Å². The third-order valence-corrected chi connectivity index (χ3v) is 3.75. The lowest BCUT2D eigenvalue weighted by atomic mass is 10.0. The maximum Gasteiger partial charge on any atom is 0.318 e. The Bertz CT molecular complexity index is 553. The number of amides is 3. The minimum absolute atomic E-state index is 0.141. The van der Waals surface area contributed by atoms with Gasteiger partial charge >= 0.3 is 6.03 Å². The van der Waals surface area contributed by atoms with E-state index in [1.807, 2.05) is 0 Å². The van der Waals surface area contributed by atoms with Gasteiger partial charge in [-0.15, -0.1) is 0 Å². The van der Waals surface area contributed by atoms with Crippen molar-refractivity contribution in [2.45, 2.75) is 25.3 Å². The largest absolute Gasteiger partial charge is 0.396 e. The van der Waals surface area contributed by atoms with Crippen molar-refractivity contribution in [2.24, 2.45) is 0 Å². The molecule has 0 radical (unpaired) electrons. The SMILES string of the molecule is O=C1NCCN(C(=O)NCCCCCO)[C@@H]1c1cccc(F)c1. The first-order valence-corrected chi connectivity index (χ1v) is 7.82. The van der Waals surface area contributed by atoms with Crippen molar-refractivity contribution in [3.8, 4) is 0 Å². The van der Waals surface area contributed by atoms with Gasteiger partial charge in [0.2, 0.25) is 5.91 Å². The molecule has 3 amide bonds. The van der Waals surface area contributed by atoms with E-state index in [1.165, 1.54) is 23.1 Å². The van der Waals surface area contributed by atoms with Crippen LogP contribution in [-0.2, 0) is 4.79 Å².